The third-order valence-corrected chi connectivity index (χ3v) is 3.77. The maximum absolute atomic E-state index is 12.0. The van der Waals surface area contributed by atoms with Gasteiger partial charge in [-0.2, -0.15) is 0 Å². The summed E-state index contributed by atoms with van der Waals surface area (Å²) in [6.07, 6.45) is -1.83. The van der Waals surface area contributed by atoms with Gasteiger partial charge in [-0.25, -0.2) is 0 Å². The highest BCUT2D eigenvalue weighted by Gasteiger charge is 2.18. The predicted molar refractivity (Wildman–Crippen MR) is 92.6 cm³/mol. The predicted octanol–water partition coefficient (Wildman–Crippen LogP) is 2.92. The first-order valence-electron chi connectivity index (χ1n) is 7.93. The molecular formula is C20H20O5. The number of benzene rings is 2. The van der Waals surface area contributed by atoms with Crippen LogP contribution in [-0.4, -0.2) is 29.6 Å². The second kappa shape index (κ2) is 8.89. The van der Waals surface area contributed by atoms with Crippen molar-refractivity contribution in [3.05, 3.63) is 65.7 Å². The number of hydrogen-bond donors (Lipinski definition) is 1. The van der Waals surface area contributed by atoms with Crippen LogP contribution in [0.15, 0.2) is 54.6 Å². The van der Waals surface area contributed by atoms with E-state index in [0.29, 0.717) is 16.9 Å². The molecule has 1 atom stereocenters. The first-order valence-corrected chi connectivity index (χ1v) is 7.93. The number of Topliss-reactive ketones (excluding diaryl/α,β-unsaturated/α-hetero) is 3. The zero-order chi connectivity index (χ0) is 18.2. The summed E-state index contributed by atoms with van der Waals surface area (Å²) in [6, 6.07) is 15.2. The van der Waals surface area contributed by atoms with Gasteiger partial charge in [0.15, 0.2) is 5.78 Å². The Kier molecular flexibility index (Phi) is 6.60. The van der Waals surface area contributed by atoms with E-state index in [1.54, 1.807) is 54.6 Å². The number of ether oxygens (including phenoxy) is 1. The number of hydrogen-bond acceptors (Lipinski definition) is 5. The molecule has 2 aromatic carbocycles. The van der Waals surface area contributed by atoms with Gasteiger partial charge in [0.2, 0.25) is 0 Å². The molecule has 0 heterocycles. The second-order valence-electron chi connectivity index (χ2n) is 5.71. The molecule has 5 nitrogen and oxygen atoms in total. The quantitative estimate of drug-likeness (QED) is 0.561. The molecule has 1 N–H and O–H groups in total. The molecule has 0 bridgehead atoms. The standard InChI is InChI=1S/C20H20O5/c1-25-18-9-7-15(8-10-18)20(24)13-17(22)11-16(21)12-19(23)14-5-3-2-4-6-14/h2-10,20,24H,11-13H2,1H3. The molecule has 5 heteroatoms. The first-order chi connectivity index (χ1) is 12.0. The van der Waals surface area contributed by atoms with Crippen LogP contribution in [0.25, 0.3) is 0 Å². The molecule has 2 rings (SSSR count). The Hall–Kier alpha value is -2.79. The highest BCUT2D eigenvalue weighted by atomic mass is 16.5. The lowest BCUT2D eigenvalue weighted by atomic mass is 9.99. The van der Waals surface area contributed by atoms with E-state index < -0.39 is 17.7 Å². The van der Waals surface area contributed by atoms with Crippen LogP contribution in [0.2, 0.25) is 0 Å². The molecule has 0 saturated heterocycles. The van der Waals surface area contributed by atoms with Crippen molar-refractivity contribution in [1.29, 1.82) is 0 Å². The van der Waals surface area contributed by atoms with Gasteiger partial charge in [0.25, 0.3) is 0 Å². The van der Waals surface area contributed by atoms with Crippen LogP contribution in [0.4, 0.5) is 0 Å². The SMILES string of the molecule is COc1ccc(C(O)CC(=O)CC(=O)CC(=O)c2ccccc2)cc1. The second-order valence-corrected chi connectivity index (χ2v) is 5.71. The molecule has 130 valence electrons. The van der Waals surface area contributed by atoms with E-state index in [-0.39, 0.29) is 25.0 Å². The van der Waals surface area contributed by atoms with Gasteiger partial charge in [0, 0.05) is 12.0 Å². The minimum Gasteiger partial charge on any atom is -0.497 e. The number of carbonyl (C=O) groups is 3. The summed E-state index contributed by atoms with van der Waals surface area (Å²) in [6.45, 7) is 0. The zero-order valence-electron chi connectivity index (χ0n) is 14.0. The van der Waals surface area contributed by atoms with E-state index >= 15 is 0 Å². The third kappa shape index (κ3) is 5.65. The first kappa shape index (κ1) is 18.5. The summed E-state index contributed by atoms with van der Waals surface area (Å²) in [5, 5.41) is 10.1. The third-order valence-electron chi connectivity index (χ3n) is 3.77. The van der Waals surface area contributed by atoms with Crippen molar-refractivity contribution in [3.8, 4) is 5.75 Å². The Morgan fingerprint density at radius 1 is 0.920 bits per heavy atom. The van der Waals surface area contributed by atoms with Gasteiger partial charge in [-0.15, -0.1) is 0 Å². The zero-order valence-corrected chi connectivity index (χ0v) is 14.0. The van der Waals surface area contributed by atoms with E-state index in [4.69, 9.17) is 4.74 Å². The van der Waals surface area contributed by atoms with Gasteiger partial charge < -0.3 is 9.84 Å². The van der Waals surface area contributed by atoms with Gasteiger partial charge in [-0.1, -0.05) is 42.5 Å². The lowest BCUT2D eigenvalue weighted by Crippen LogP contribution is -2.15. The van der Waals surface area contributed by atoms with Crippen molar-refractivity contribution in [3.63, 3.8) is 0 Å². The van der Waals surface area contributed by atoms with Crippen LogP contribution < -0.4 is 4.74 Å². The summed E-state index contributed by atoms with van der Waals surface area (Å²) in [5.41, 5.74) is 1.02. The van der Waals surface area contributed by atoms with E-state index in [1.165, 1.54) is 7.11 Å². The number of methoxy groups -OCH3 is 1. The highest BCUT2D eigenvalue weighted by Crippen LogP contribution is 2.21. The topological polar surface area (TPSA) is 80.7 Å². The molecule has 0 amide bonds. The maximum atomic E-state index is 12.0. The number of aliphatic hydroxyl groups is 1. The summed E-state index contributed by atoms with van der Waals surface area (Å²) in [5.74, 6) is -0.499. The molecular weight excluding hydrogens is 320 g/mol. The van der Waals surface area contributed by atoms with Crippen LogP contribution in [0.5, 0.6) is 5.75 Å². The van der Waals surface area contributed by atoms with Crippen LogP contribution >= 0.6 is 0 Å². The fourth-order valence-corrected chi connectivity index (χ4v) is 2.42. The van der Waals surface area contributed by atoms with Gasteiger partial charge >= 0.3 is 0 Å². The molecule has 0 radical (unpaired) electrons. The lowest BCUT2D eigenvalue weighted by Gasteiger charge is -2.10. The highest BCUT2D eigenvalue weighted by molar-refractivity contribution is 6.12. The molecule has 0 aliphatic rings. The van der Waals surface area contributed by atoms with Crippen LogP contribution in [0.1, 0.15) is 41.3 Å². The van der Waals surface area contributed by atoms with Crippen LogP contribution in [0.3, 0.4) is 0 Å². The van der Waals surface area contributed by atoms with Crippen molar-refractivity contribution >= 4 is 17.3 Å². The molecule has 2 aromatic rings. The molecule has 0 spiro atoms. The number of aliphatic hydroxyl groups excluding tert-OH is 1. The van der Waals surface area contributed by atoms with Crippen LogP contribution in [-0.2, 0) is 9.59 Å². The Morgan fingerprint density at radius 2 is 1.56 bits per heavy atom. The number of ketones is 3. The molecule has 0 aliphatic carbocycles. The van der Waals surface area contributed by atoms with Gasteiger partial charge in [-0.3, -0.25) is 14.4 Å². The molecule has 25 heavy (non-hydrogen) atoms. The van der Waals surface area contributed by atoms with Crippen LogP contribution in [0, 0.1) is 0 Å². The average Bonchev–Trinajstić information content (AvgIpc) is 2.62. The fourth-order valence-electron chi connectivity index (χ4n) is 2.42. The Balaban J connectivity index is 1.84. The normalized spacial score (nSPS) is 11.6. The van der Waals surface area contributed by atoms with Crippen molar-refractivity contribution in [2.24, 2.45) is 0 Å². The van der Waals surface area contributed by atoms with Gasteiger partial charge in [0.05, 0.1) is 26.1 Å². The van der Waals surface area contributed by atoms with Crippen molar-refractivity contribution in [1.82, 2.24) is 0 Å². The molecule has 0 aliphatic heterocycles. The fraction of sp³-hybridized carbons (Fsp3) is 0.250. The molecule has 1 unspecified atom stereocenters. The smallest absolute Gasteiger partial charge is 0.170 e. The van der Waals surface area contributed by atoms with Crippen molar-refractivity contribution in [2.75, 3.05) is 7.11 Å². The maximum Gasteiger partial charge on any atom is 0.170 e. The minimum absolute atomic E-state index is 0.169. The van der Waals surface area contributed by atoms with Crippen molar-refractivity contribution in [2.45, 2.75) is 25.4 Å². The monoisotopic (exact) mass is 340 g/mol. The lowest BCUT2D eigenvalue weighted by molar-refractivity contribution is -0.127. The summed E-state index contributed by atoms with van der Waals surface area (Å²) >= 11 is 0. The summed E-state index contributed by atoms with van der Waals surface area (Å²) < 4.78 is 5.03. The van der Waals surface area contributed by atoms with Gasteiger partial charge in [0.1, 0.15) is 17.3 Å². The average molecular weight is 340 g/mol. The molecule has 0 aromatic heterocycles. The minimum atomic E-state index is -0.990. The van der Waals surface area contributed by atoms with E-state index in [1.807, 2.05) is 0 Å². The summed E-state index contributed by atoms with van der Waals surface area (Å²) in [4.78, 5) is 35.8. The number of carbonyl (C=O) groups excluding carboxylic acids is 3. The van der Waals surface area contributed by atoms with Crippen molar-refractivity contribution < 1.29 is 24.2 Å². The van der Waals surface area contributed by atoms with E-state index in [2.05, 4.69) is 0 Å². The largest absolute Gasteiger partial charge is 0.497 e. The summed E-state index contributed by atoms with van der Waals surface area (Å²) in [7, 11) is 1.54. The Labute approximate surface area is 146 Å². The Bertz CT molecular complexity index is 734. The molecule has 0 saturated carbocycles. The van der Waals surface area contributed by atoms with E-state index in [0.717, 1.165) is 0 Å². The van der Waals surface area contributed by atoms with E-state index in [9.17, 15) is 19.5 Å². The van der Waals surface area contributed by atoms with Gasteiger partial charge in [-0.05, 0) is 17.7 Å². The number of rotatable bonds is 9. The molecule has 0 fully saturated rings. The Morgan fingerprint density at radius 3 is 2.16 bits per heavy atom.